The third kappa shape index (κ3) is 6.80. The number of allylic oxidation sites excluding steroid dienone is 3. The Bertz CT molecular complexity index is 1190. The lowest BCUT2D eigenvalue weighted by molar-refractivity contribution is -0.137. The molecule has 0 saturated carbocycles. The summed E-state index contributed by atoms with van der Waals surface area (Å²) in [5.74, 6) is -0.0857. The first-order valence-electron chi connectivity index (χ1n) is 12.7. The summed E-state index contributed by atoms with van der Waals surface area (Å²) >= 11 is 0. The van der Waals surface area contributed by atoms with Crippen molar-refractivity contribution in [2.45, 2.75) is 78.8 Å². The highest BCUT2D eigenvalue weighted by Crippen LogP contribution is 2.34. The fourth-order valence-electron chi connectivity index (χ4n) is 4.56. The van der Waals surface area contributed by atoms with Gasteiger partial charge in [0.05, 0.1) is 11.3 Å². The van der Waals surface area contributed by atoms with Crippen LogP contribution in [-0.4, -0.2) is 16.5 Å². The molecule has 0 spiro atoms. The van der Waals surface area contributed by atoms with Crippen molar-refractivity contribution in [2.24, 2.45) is 5.92 Å². The number of carbonyl (C=O) groups is 1. The van der Waals surface area contributed by atoms with E-state index in [1.165, 1.54) is 18.6 Å². The Morgan fingerprint density at radius 3 is 2.64 bits per heavy atom. The van der Waals surface area contributed by atoms with Gasteiger partial charge in [0.25, 0.3) is 0 Å². The Morgan fingerprint density at radius 2 is 1.94 bits per heavy atom. The van der Waals surface area contributed by atoms with Crippen molar-refractivity contribution in [3.8, 4) is 0 Å². The Balaban J connectivity index is 1.66. The molecule has 1 atom stereocenters. The molecule has 6 heteroatoms. The average molecular weight is 497 g/mol. The average Bonchev–Trinajstić information content (AvgIpc) is 3.25. The lowest BCUT2D eigenvalue weighted by Gasteiger charge is -2.15. The van der Waals surface area contributed by atoms with E-state index in [2.05, 4.69) is 11.9 Å². The van der Waals surface area contributed by atoms with Gasteiger partial charge in [0.2, 0.25) is 0 Å². The predicted molar refractivity (Wildman–Crippen MR) is 140 cm³/mol. The third-order valence-electron chi connectivity index (χ3n) is 7.00. The first kappa shape index (κ1) is 27.6. The predicted octanol–water partition coefficient (Wildman–Crippen LogP) is 8.35. The normalized spacial score (nSPS) is 14.4. The number of carbonyl (C=O) groups excluding carboxylic acids is 1. The molecule has 1 aliphatic rings. The van der Waals surface area contributed by atoms with E-state index in [4.69, 9.17) is 5.41 Å². The van der Waals surface area contributed by atoms with E-state index in [0.29, 0.717) is 35.2 Å². The van der Waals surface area contributed by atoms with E-state index in [9.17, 15) is 18.0 Å². The molecule has 36 heavy (non-hydrogen) atoms. The SMILES string of the molecule is CCCCCCc1c(C)ccnc1C(=O)C[C@H](C)/C(C)=C/C(=N)C1=Cc2ccc(C(F)(F)F)cc2C1. The molecule has 1 N–H and O–H groups in total. The summed E-state index contributed by atoms with van der Waals surface area (Å²) in [5.41, 5.74) is 5.13. The number of fused-ring (bicyclic) bond motifs is 1. The van der Waals surface area contributed by atoms with Crippen molar-refractivity contribution in [3.05, 3.63) is 81.2 Å². The quantitative estimate of drug-likeness (QED) is 0.193. The highest BCUT2D eigenvalue weighted by atomic mass is 19.4. The molecular weight excluding hydrogens is 461 g/mol. The number of nitrogens with zero attached hydrogens (tertiary/aromatic N) is 1. The summed E-state index contributed by atoms with van der Waals surface area (Å²) in [4.78, 5) is 17.6. The number of alkyl halides is 3. The van der Waals surface area contributed by atoms with Crippen molar-refractivity contribution in [2.75, 3.05) is 0 Å². The van der Waals surface area contributed by atoms with Crippen LogP contribution in [0.1, 0.15) is 91.2 Å². The Kier molecular flexibility index (Phi) is 9.04. The second kappa shape index (κ2) is 11.8. The Labute approximate surface area is 212 Å². The standard InChI is InChI=1S/C30H35F3N2O/c1-5-6-7-8-9-26-19(2)12-13-35-29(26)28(36)15-21(4)20(3)14-27(34)24-16-22-10-11-25(30(31,32)33)18-23(22)17-24/h10-14,16,18,21,34H,5-9,15,17H2,1-4H3/b20-14+,34-27?/t21-/m0/s1. The summed E-state index contributed by atoms with van der Waals surface area (Å²) in [6.07, 6.45) is 6.76. The minimum Gasteiger partial charge on any atom is -0.301 e. The molecule has 3 nitrogen and oxygen atoms in total. The topological polar surface area (TPSA) is 53.8 Å². The molecule has 0 fully saturated rings. The van der Waals surface area contributed by atoms with E-state index in [0.717, 1.165) is 48.4 Å². The first-order valence-corrected chi connectivity index (χ1v) is 12.7. The number of halogens is 3. The number of benzene rings is 1. The van der Waals surface area contributed by atoms with Crippen LogP contribution in [0.2, 0.25) is 0 Å². The van der Waals surface area contributed by atoms with Crippen LogP contribution in [0.25, 0.3) is 6.08 Å². The number of aryl methyl sites for hydroxylation is 1. The molecule has 0 aliphatic heterocycles. The van der Waals surface area contributed by atoms with Gasteiger partial charge in [0, 0.05) is 19.0 Å². The van der Waals surface area contributed by atoms with E-state index in [1.54, 1.807) is 18.3 Å². The minimum absolute atomic E-state index is 0.00291. The maximum atomic E-state index is 13.2. The minimum atomic E-state index is -4.38. The van der Waals surface area contributed by atoms with Gasteiger partial charge in [-0.1, -0.05) is 44.7 Å². The van der Waals surface area contributed by atoms with Gasteiger partial charge in [-0.15, -0.1) is 0 Å². The van der Waals surface area contributed by atoms with Crippen molar-refractivity contribution in [3.63, 3.8) is 0 Å². The molecule has 1 aliphatic carbocycles. The van der Waals surface area contributed by atoms with Crippen molar-refractivity contribution in [1.29, 1.82) is 5.41 Å². The lowest BCUT2D eigenvalue weighted by atomic mass is 9.91. The largest absolute Gasteiger partial charge is 0.416 e. The molecule has 1 heterocycles. The highest BCUT2D eigenvalue weighted by Gasteiger charge is 2.31. The Hall–Kier alpha value is -3.02. The smallest absolute Gasteiger partial charge is 0.301 e. The number of pyridine rings is 1. The third-order valence-corrected chi connectivity index (χ3v) is 7.00. The number of ketones is 1. The number of hydrogen-bond donors (Lipinski definition) is 1. The zero-order valence-corrected chi connectivity index (χ0v) is 21.6. The number of hydrogen-bond acceptors (Lipinski definition) is 3. The lowest BCUT2D eigenvalue weighted by Crippen LogP contribution is -2.13. The van der Waals surface area contributed by atoms with Crippen molar-refractivity contribution in [1.82, 2.24) is 4.98 Å². The molecule has 3 rings (SSSR count). The first-order chi connectivity index (χ1) is 17.0. The number of rotatable bonds is 11. The van der Waals surface area contributed by atoms with Crippen LogP contribution in [0.5, 0.6) is 0 Å². The number of nitrogens with one attached hydrogen (secondary N) is 1. The summed E-state index contributed by atoms with van der Waals surface area (Å²) in [6.45, 7) is 8.05. The van der Waals surface area contributed by atoms with Crippen LogP contribution in [0, 0.1) is 18.3 Å². The van der Waals surface area contributed by atoms with Gasteiger partial charge in [-0.3, -0.25) is 9.78 Å². The molecule has 1 aromatic carbocycles. The molecule has 0 bridgehead atoms. The summed E-state index contributed by atoms with van der Waals surface area (Å²) in [5, 5.41) is 8.52. The molecule has 0 saturated heterocycles. The Morgan fingerprint density at radius 1 is 1.19 bits per heavy atom. The molecule has 0 amide bonds. The van der Waals surface area contributed by atoms with Gasteiger partial charge in [-0.25, -0.2) is 0 Å². The molecule has 1 aromatic heterocycles. The summed E-state index contributed by atoms with van der Waals surface area (Å²) in [6, 6.07) is 5.66. The highest BCUT2D eigenvalue weighted by molar-refractivity contribution is 6.11. The number of aromatic nitrogens is 1. The van der Waals surface area contributed by atoms with Crippen LogP contribution >= 0.6 is 0 Å². The number of Topliss-reactive ketones (excluding diaryl/α,β-unsaturated/α-hetero) is 1. The second-order valence-electron chi connectivity index (χ2n) is 9.85. The molecule has 0 radical (unpaired) electrons. The monoisotopic (exact) mass is 496 g/mol. The fraction of sp³-hybridized carbons (Fsp3) is 0.433. The fourth-order valence-corrected chi connectivity index (χ4v) is 4.56. The zero-order valence-electron chi connectivity index (χ0n) is 21.6. The van der Waals surface area contributed by atoms with Crippen LogP contribution in [0.3, 0.4) is 0 Å². The molecular formula is C30H35F3N2O. The van der Waals surface area contributed by atoms with Gasteiger partial charge < -0.3 is 5.41 Å². The molecule has 192 valence electrons. The van der Waals surface area contributed by atoms with Gasteiger partial charge in [0.1, 0.15) is 5.69 Å². The number of unbranched alkanes of at least 4 members (excludes halogenated alkanes) is 3. The van der Waals surface area contributed by atoms with E-state index < -0.39 is 11.7 Å². The van der Waals surface area contributed by atoms with Crippen LogP contribution in [-0.2, 0) is 19.0 Å². The maximum absolute atomic E-state index is 13.2. The van der Waals surface area contributed by atoms with Crippen molar-refractivity contribution < 1.29 is 18.0 Å². The summed E-state index contributed by atoms with van der Waals surface area (Å²) in [7, 11) is 0. The van der Waals surface area contributed by atoms with Crippen molar-refractivity contribution >= 4 is 17.6 Å². The second-order valence-corrected chi connectivity index (χ2v) is 9.85. The van der Waals surface area contributed by atoms with Gasteiger partial charge >= 0.3 is 6.18 Å². The van der Waals surface area contributed by atoms with Crippen LogP contribution < -0.4 is 0 Å². The van der Waals surface area contributed by atoms with Gasteiger partial charge in [0.15, 0.2) is 5.78 Å². The van der Waals surface area contributed by atoms with Crippen LogP contribution in [0.4, 0.5) is 13.2 Å². The molecule has 0 unspecified atom stereocenters. The maximum Gasteiger partial charge on any atom is 0.416 e. The van der Waals surface area contributed by atoms with Gasteiger partial charge in [-0.05, 0) is 90.8 Å². The van der Waals surface area contributed by atoms with Crippen LogP contribution in [0.15, 0.2) is 47.7 Å². The summed E-state index contributed by atoms with van der Waals surface area (Å²) < 4.78 is 39.1. The zero-order chi connectivity index (χ0) is 26.5. The van der Waals surface area contributed by atoms with E-state index in [-0.39, 0.29) is 17.4 Å². The molecule has 2 aromatic rings. The van der Waals surface area contributed by atoms with E-state index in [1.807, 2.05) is 26.8 Å². The van der Waals surface area contributed by atoms with E-state index >= 15 is 0 Å². The van der Waals surface area contributed by atoms with Gasteiger partial charge in [-0.2, -0.15) is 13.2 Å².